The number of carbonyl (C=O) groups excluding carboxylic acids is 1. The van der Waals surface area contributed by atoms with Gasteiger partial charge in [-0.2, -0.15) is 5.10 Å². The lowest BCUT2D eigenvalue weighted by atomic mass is 9.85. The molecular weight excluding hydrogens is 504 g/mol. The minimum atomic E-state index is 0.0603. The maximum Gasteiger partial charge on any atom is 0.227 e. The number of imidazole rings is 2. The van der Waals surface area contributed by atoms with Crippen LogP contribution in [0.3, 0.4) is 0 Å². The summed E-state index contributed by atoms with van der Waals surface area (Å²) in [6.07, 6.45) is 16.0. The summed E-state index contributed by atoms with van der Waals surface area (Å²) >= 11 is 0. The average molecular weight is 535 g/mol. The van der Waals surface area contributed by atoms with Crippen LogP contribution in [0.25, 0.3) is 11.3 Å². The van der Waals surface area contributed by atoms with Crippen LogP contribution in [0.15, 0.2) is 71.1 Å². The molecule has 3 aromatic rings. The Labute approximate surface area is 231 Å². The number of allylic oxidation sites excluding steroid dienone is 5. The molecule has 0 spiro atoms. The van der Waals surface area contributed by atoms with Gasteiger partial charge in [-0.25, -0.2) is 15.0 Å². The van der Waals surface area contributed by atoms with Crippen LogP contribution in [-0.4, -0.2) is 42.8 Å². The molecule has 202 valence electrons. The number of aryl methyl sites for hydroxylation is 1. The molecule has 0 aromatic carbocycles. The zero-order valence-corrected chi connectivity index (χ0v) is 22.4. The first-order chi connectivity index (χ1) is 19.5. The molecule has 0 radical (unpaired) electrons. The molecule has 1 amide bonds. The highest BCUT2D eigenvalue weighted by Crippen LogP contribution is 2.29. The maximum atomic E-state index is 12.4. The lowest BCUT2D eigenvalue weighted by molar-refractivity contribution is -0.126. The molecule has 6 rings (SSSR count). The number of hydrazone groups is 1. The van der Waals surface area contributed by atoms with E-state index in [2.05, 4.69) is 42.8 Å². The van der Waals surface area contributed by atoms with Gasteiger partial charge in [-0.1, -0.05) is 12.5 Å². The van der Waals surface area contributed by atoms with E-state index in [0.29, 0.717) is 35.3 Å². The number of nitrogens with zero attached hydrogens (tertiary/aromatic N) is 6. The Morgan fingerprint density at radius 3 is 2.90 bits per heavy atom. The van der Waals surface area contributed by atoms with Crippen molar-refractivity contribution in [1.82, 2.24) is 35.2 Å². The van der Waals surface area contributed by atoms with E-state index in [-0.39, 0.29) is 11.8 Å². The number of amides is 1. The molecular formula is C29H30N10O. The molecule has 11 nitrogen and oxygen atoms in total. The second kappa shape index (κ2) is 10.6. The number of anilines is 1. The van der Waals surface area contributed by atoms with Crippen molar-refractivity contribution in [3.8, 4) is 0 Å². The van der Waals surface area contributed by atoms with E-state index >= 15 is 0 Å². The third kappa shape index (κ3) is 4.89. The van der Waals surface area contributed by atoms with Crippen LogP contribution >= 0.6 is 0 Å². The number of rotatable bonds is 7. The predicted molar refractivity (Wildman–Crippen MR) is 155 cm³/mol. The van der Waals surface area contributed by atoms with Gasteiger partial charge in [0.05, 0.1) is 30.0 Å². The second-order valence-electron chi connectivity index (χ2n) is 10.00. The van der Waals surface area contributed by atoms with Gasteiger partial charge >= 0.3 is 0 Å². The summed E-state index contributed by atoms with van der Waals surface area (Å²) in [4.78, 5) is 34.1. The molecule has 40 heavy (non-hydrogen) atoms. The highest BCUT2D eigenvalue weighted by molar-refractivity contribution is 6.11. The normalized spacial score (nSPS) is 16.9. The van der Waals surface area contributed by atoms with Gasteiger partial charge in [-0.15, -0.1) is 0 Å². The van der Waals surface area contributed by atoms with Gasteiger partial charge in [0.1, 0.15) is 11.4 Å². The smallest absolute Gasteiger partial charge is 0.227 e. The zero-order valence-electron chi connectivity index (χ0n) is 22.4. The maximum absolute atomic E-state index is 12.4. The quantitative estimate of drug-likeness (QED) is 0.268. The van der Waals surface area contributed by atoms with Crippen LogP contribution in [0.4, 0.5) is 5.82 Å². The fourth-order valence-corrected chi connectivity index (χ4v) is 4.82. The largest absolute Gasteiger partial charge is 0.345 e. The van der Waals surface area contributed by atoms with E-state index in [1.165, 1.54) is 0 Å². The summed E-state index contributed by atoms with van der Waals surface area (Å²) in [5.74, 6) is 1.40. The van der Waals surface area contributed by atoms with Crippen LogP contribution in [0.2, 0.25) is 0 Å². The van der Waals surface area contributed by atoms with Crippen molar-refractivity contribution in [3.63, 3.8) is 0 Å². The SMILES string of the molecule is C=N/C=C(\C=C(/C)NC(=O)C1CCC1)c1ccc2c(n1)C(c1nc3c([nH]1)C(n1cnc(C)c1)=CC=CN3)=NNC2. The Morgan fingerprint density at radius 1 is 1.27 bits per heavy atom. The van der Waals surface area contributed by atoms with Crippen LogP contribution in [0.5, 0.6) is 0 Å². The van der Waals surface area contributed by atoms with Crippen molar-refractivity contribution in [2.75, 3.05) is 5.32 Å². The standard InChI is InChI=1S/C29H30N10O/c1-17(34-29(40)19-6-4-7-19)12-21(13-30-3)22-10-9-20-14-33-38-26(24(20)35-22)28-36-25-23(39-15-18(2)32-16-39)8-5-11-31-27(25)37-28/h5,8-13,15-16,19,31,33H,3-4,6-7,14H2,1-2H3,(H,34,40)(H,36,37)/b17-12+,21-13+. The molecule has 0 unspecified atom stereocenters. The molecule has 1 aliphatic carbocycles. The number of aliphatic imine (C=N–C) groups is 1. The third-order valence-corrected chi connectivity index (χ3v) is 7.10. The molecule has 1 fully saturated rings. The van der Waals surface area contributed by atoms with Crippen LogP contribution in [0.1, 0.15) is 60.3 Å². The number of pyridine rings is 1. The second-order valence-corrected chi connectivity index (χ2v) is 10.00. The van der Waals surface area contributed by atoms with Gasteiger partial charge in [0.25, 0.3) is 0 Å². The van der Waals surface area contributed by atoms with E-state index in [1.807, 2.05) is 61.2 Å². The van der Waals surface area contributed by atoms with Crippen LogP contribution in [0, 0.1) is 12.8 Å². The van der Waals surface area contributed by atoms with E-state index in [1.54, 1.807) is 12.5 Å². The Hall–Kier alpha value is -5.06. The lowest BCUT2D eigenvalue weighted by Gasteiger charge is -2.24. The topological polar surface area (TPSA) is 137 Å². The summed E-state index contributed by atoms with van der Waals surface area (Å²) in [5.41, 5.74) is 10.1. The van der Waals surface area contributed by atoms with E-state index in [4.69, 9.17) is 9.97 Å². The molecule has 4 N–H and O–H groups in total. The highest BCUT2D eigenvalue weighted by Gasteiger charge is 2.26. The van der Waals surface area contributed by atoms with Crippen molar-refractivity contribution in [3.05, 3.63) is 95.1 Å². The number of fused-ring (bicyclic) bond motifs is 2. The first kappa shape index (κ1) is 25.2. The number of hydrogen-bond donors (Lipinski definition) is 4. The van der Waals surface area contributed by atoms with E-state index in [9.17, 15) is 4.79 Å². The molecule has 1 saturated carbocycles. The van der Waals surface area contributed by atoms with Gasteiger partial charge in [0.15, 0.2) is 17.4 Å². The Balaban J connectivity index is 1.33. The number of H-pyrrole nitrogens is 1. The van der Waals surface area contributed by atoms with Crippen molar-refractivity contribution in [2.45, 2.75) is 39.7 Å². The Morgan fingerprint density at radius 2 is 2.15 bits per heavy atom. The number of aromatic amines is 1. The van der Waals surface area contributed by atoms with Gasteiger partial charge in [-0.3, -0.25) is 9.79 Å². The molecule has 2 aliphatic heterocycles. The highest BCUT2D eigenvalue weighted by atomic mass is 16.1. The Bertz CT molecular complexity index is 1640. The van der Waals surface area contributed by atoms with Gasteiger partial charge in [-0.05, 0) is 57.7 Å². The van der Waals surface area contributed by atoms with Crippen molar-refractivity contribution < 1.29 is 4.79 Å². The van der Waals surface area contributed by atoms with Crippen molar-refractivity contribution in [1.29, 1.82) is 0 Å². The third-order valence-electron chi connectivity index (χ3n) is 7.10. The summed E-state index contributed by atoms with van der Waals surface area (Å²) in [7, 11) is 0. The van der Waals surface area contributed by atoms with Crippen LogP contribution in [-0.2, 0) is 11.3 Å². The van der Waals surface area contributed by atoms with Crippen molar-refractivity contribution in [2.24, 2.45) is 16.0 Å². The fraction of sp³-hybridized carbons (Fsp3) is 0.241. The summed E-state index contributed by atoms with van der Waals surface area (Å²) in [6.45, 7) is 7.99. The Kier molecular flexibility index (Phi) is 6.69. The summed E-state index contributed by atoms with van der Waals surface area (Å²) < 4.78 is 1.95. The molecule has 0 bridgehead atoms. The fourth-order valence-electron chi connectivity index (χ4n) is 4.82. The van der Waals surface area contributed by atoms with Gasteiger partial charge in [0.2, 0.25) is 5.91 Å². The average Bonchev–Trinajstić information content (AvgIpc) is 3.48. The number of carbonyl (C=O) groups is 1. The van der Waals surface area contributed by atoms with E-state index < -0.39 is 0 Å². The van der Waals surface area contributed by atoms with Gasteiger partial charge in [0, 0.05) is 41.3 Å². The number of aromatic nitrogens is 5. The minimum absolute atomic E-state index is 0.0603. The molecule has 0 atom stereocenters. The summed E-state index contributed by atoms with van der Waals surface area (Å²) in [5, 5.41) is 10.8. The molecule has 11 heteroatoms. The minimum Gasteiger partial charge on any atom is -0.345 e. The molecule has 0 saturated heterocycles. The first-order valence-corrected chi connectivity index (χ1v) is 13.2. The molecule has 3 aliphatic rings. The number of hydrogen-bond acceptors (Lipinski definition) is 8. The van der Waals surface area contributed by atoms with Crippen molar-refractivity contribution >= 4 is 35.4 Å². The van der Waals surface area contributed by atoms with Gasteiger partial charge < -0.3 is 25.6 Å². The summed E-state index contributed by atoms with van der Waals surface area (Å²) in [6, 6.07) is 3.95. The van der Waals surface area contributed by atoms with E-state index in [0.717, 1.165) is 53.2 Å². The lowest BCUT2D eigenvalue weighted by Crippen LogP contribution is -2.33. The molecule has 5 heterocycles. The zero-order chi connectivity index (χ0) is 27.6. The first-order valence-electron chi connectivity index (χ1n) is 13.2. The predicted octanol–water partition coefficient (Wildman–Crippen LogP) is 3.86. The monoisotopic (exact) mass is 534 g/mol. The molecule has 3 aromatic heterocycles. The number of nitrogens with one attached hydrogen (secondary N) is 4. The van der Waals surface area contributed by atoms with Crippen LogP contribution < -0.4 is 16.1 Å².